The summed E-state index contributed by atoms with van der Waals surface area (Å²) in [6.45, 7) is 1.62. The van der Waals surface area contributed by atoms with Crippen molar-refractivity contribution in [3.63, 3.8) is 0 Å². The van der Waals surface area contributed by atoms with Crippen LogP contribution in [0.5, 0.6) is 0 Å². The Hall–Kier alpha value is -0.790. The van der Waals surface area contributed by atoms with Crippen molar-refractivity contribution in [3.8, 4) is 0 Å². The van der Waals surface area contributed by atoms with Gasteiger partial charge in [0.25, 0.3) is 17.7 Å². The van der Waals surface area contributed by atoms with Gasteiger partial charge < -0.3 is 30.5 Å². The molecular formula is C18H22I3N3O7. The molecule has 0 bridgehead atoms. The summed E-state index contributed by atoms with van der Waals surface area (Å²) >= 11 is 5.67. The van der Waals surface area contributed by atoms with Gasteiger partial charge in [0.2, 0.25) is 0 Å². The lowest BCUT2D eigenvalue weighted by atomic mass is 10.1. The van der Waals surface area contributed by atoms with Crippen LogP contribution in [0.15, 0.2) is 0 Å². The third-order valence-corrected chi connectivity index (χ3v) is 7.14. The molecule has 0 aliphatic rings. The van der Waals surface area contributed by atoms with E-state index in [1.807, 2.05) is 67.8 Å². The second-order valence-electron chi connectivity index (χ2n) is 6.54. The van der Waals surface area contributed by atoms with E-state index in [2.05, 4.69) is 10.6 Å². The lowest BCUT2D eigenvalue weighted by Gasteiger charge is -2.23. The Morgan fingerprint density at radius 1 is 1.00 bits per heavy atom. The summed E-state index contributed by atoms with van der Waals surface area (Å²) in [6, 6.07) is -0.895. The molecule has 0 heterocycles. The molecule has 0 unspecified atom stereocenters. The summed E-state index contributed by atoms with van der Waals surface area (Å²) in [7, 11) is 3.11. The molecule has 4 N–H and O–H groups in total. The topological polar surface area (TPSA) is 145 Å². The molecule has 172 valence electrons. The molecule has 0 spiro atoms. The zero-order valence-corrected chi connectivity index (χ0v) is 23.6. The largest absolute Gasteiger partial charge is 0.453 e. The summed E-state index contributed by atoms with van der Waals surface area (Å²) in [5.41, 5.74) is 0.524. The second kappa shape index (κ2) is 12.4. The van der Waals surface area contributed by atoms with E-state index in [-0.39, 0.29) is 22.7 Å². The number of amides is 3. The molecular weight excluding hydrogens is 751 g/mol. The van der Waals surface area contributed by atoms with E-state index >= 15 is 0 Å². The number of carbonyl (C=O) groups is 4. The molecule has 0 aromatic heterocycles. The number of rotatable bonds is 8. The average Bonchev–Trinajstić information content (AvgIpc) is 2.68. The van der Waals surface area contributed by atoms with Crippen molar-refractivity contribution >= 4 is 97.2 Å². The van der Waals surface area contributed by atoms with E-state index in [1.54, 1.807) is 14.1 Å². The van der Waals surface area contributed by atoms with Crippen LogP contribution in [0.25, 0.3) is 0 Å². The van der Waals surface area contributed by atoms with Crippen molar-refractivity contribution in [1.82, 2.24) is 10.2 Å². The number of hydrogen-bond acceptors (Lipinski definition) is 7. The molecule has 1 rings (SSSR count). The van der Waals surface area contributed by atoms with Gasteiger partial charge in [-0.1, -0.05) is 0 Å². The quantitative estimate of drug-likeness (QED) is 0.230. The molecule has 0 aliphatic carbocycles. The SMILES string of the molecule is CC(=O)O[C@@H](C)C(=O)Nc1c(I)c(C(=O)NC(CO)CO)c(I)c(C(=O)N(C)C)c1I. The van der Waals surface area contributed by atoms with Gasteiger partial charge >= 0.3 is 5.97 Å². The highest BCUT2D eigenvalue weighted by atomic mass is 127. The number of aliphatic hydroxyl groups is 2. The van der Waals surface area contributed by atoms with E-state index in [4.69, 9.17) is 4.74 Å². The monoisotopic (exact) mass is 773 g/mol. The lowest BCUT2D eigenvalue weighted by molar-refractivity contribution is -0.150. The predicted molar refractivity (Wildman–Crippen MR) is 138 cm³/mol. The minimum absolute atomic E-state index is 0.106. The van der Waals surface area contributed by atoms with Gasteiger partial charge in [-0.15, -0.1) is 0 Å². The summed E-state index contributed by atoms with van der Waals surface area (Å²) in [5, 5.41) is 23.7. The molecule has 3 amide bonds. The number of aliphatic hydroxyl groups excluding tert-OH is 2. The highest BCUT2D eigenvalue weighted by molar-refractivity contribution is 14.1. The van der Waals surface area contributed by atoms with Gasteiger partial charge in [-0.05, 0) is 74.7 Å². The van der Waals surface area contributed by atoms with Crippen LogP contribution in [0.3, 0.4) is 0 Å². The van der Waals surface area contributed by atoms with Gasteiger partial charge in [0, 0.05) is 24.6 Å². The molecule has 0 saturated carbocycles. The van der Waals surface area contributed by atoms with E-state index in [1.165, 1.54) is 18.7 Å². The maximum Gasteiger partial charge on any atom is 0.303 e. The van der Waals surface area contributed by atoms with Crippen LogP contribution in [0.2, 0.25) is 0 Å². The van der Waals surface area contributed by atoms with Crippen molar-refractivity contribution in [3.05, 3.63) is 21.8 Å². The lowest BCUT2D eigenvalue weighted by Crippen LogP contribution is -2.41. The van der Waals surface area contributed by atoms with Crippen LogP contribution in [-0.2, 0) is 14.3 Å². The Kier molecular flexibility index (Phi) is 11.3. The summed E-state index contributed by atoms with van der Waals surface area (Å²) in [5.74, 6) is -2.28. The van der Waals surface area contributed by atoms with Crippen LogP contribution < -0.4 is 10.6 Å². The summed E-state index contributed by atoms with van der Waals surface area (Å²) in [6.07, 6.45) is -1.10. The van der Waals surface area contributed by atoms with Crippen molar-refractivity contribution in [2.45, 2.75) is 26.0 Å². The highest BCUT2D eigenvalue weighted by Gasteiger charge is 2.30. The van der Waals surface area contributed by atoms with Gasteiger partial charge in [-0.25, -0.2) is 0 Å². The minimum Gasteiger partial charge on any atom is -0.453 e. The van der Waals surface area contributed by atoms with E-state index in [0.29, 0.717) is 10.7 Å². The van der Waals surface area contributed by atoms with Crippen LogP contribution in [-0.4, -0.2) is 78.3 Å². The van der Waals surface area contributed by atoms with Gasteiger partial charge in [0.15, 0.2) is 6.10 Å². The number of halogens is 3. The van der Waals surface area contributed by atoms with Crippen molar-refractivity contribution < 1.29 is 34.1 Å². The fourth-order valence-corrected chi connectivity index (χ4v) is 6.71. The Bertz CT molecular complexity index is 889. The van der Waals surface area contributed by atoms with Crippen LogP contribution in [0.4, 0.5) is 5.69 Å². The number of hydrogen-bond donors (Lipinski definition) is 4. The van der Waals surface area contributed by atoms with Gasteiger partial charge in [0.05, 0.1) is 43.2 Å². The Labute approximate surface area is 220 Å². The number of esters is 1. The van der Waals surface area contributed by atoms with Crippen molar-refractivity contribution in [2.24, 2.45) is 0 Å². The van der Waals surface area contributed by atoms with Crippen molar-refractivity contribution in [2.75, 3.05) is 32.6 Å². The second-order valence-corrected chi connectivity index (χ2v) is 9.78. The standard InChI is InChI=1S/C18H22I3N3O7/c1-7(31-8(2)27)16(28)23-15-13(20)10(17(29)22-9(5-25)6-26)12(19)11(14(15)21)18(30)24(3)4/h7,9,25-26H,5-6H2,1-4H3,(H,22,29)(H,23,28)/t7-/m0/s1. The zero-order chi connectivity index (χ0) is 24.0. The number of anilines is 1. The number of nitrogens with zero attached hydrogens (tertiary/aromatic N) is 1. The molecule has 0 saturated heterocycles. The average molecular weight is 773 g/mol. The van der Waals surface area contributed by atoms with Gasteiger partial charge in [-0.3, -0.25) is 19.2 Å². The summed E-state index contributed by atoms with van der Waals surface area (Å²) < 4.78 is 6.00. The first kappa shape index (κ1) is 28.2. The fourth-order valence-electron chi connectivity index (χ4n) is 2.32. The van der Waals surface area contributed by atoms with Crippen LogP contribution in [0, 0.1) is 10.7 Å². The maximum absolute atomic E-state index is 12.9. The molecule has 0 aliphatic heterocycles. The molecule has 0 fully saturated rings. The fraction of sp³-hybridized carbons (Fsp3) is 0.444. The molecule has 10 nitrogen and oxygen atoms in total. The van der Waals surface area contributed by atoms with Gasteiger partial charge in [0.1, 0.15) is 0 Å². The molecule has 0 radical (unpaired) electrons. The third kappa shape index (κ3) is 7.10. The first-order valence-corrected chi connectivity index (χ1v) is 12.0. The predicted octanol–water partition coefficient (Wildman–Crippen LogP) is 1.18. The Balaban J connectivity index is 3.64. The number of benzene rings is 1. The number of ether oxygens (including phenoxy) is 1. The smallest absolute Gasteiger partial charge is 0.303 e. The van der Waals surface area contributed by atoms with E-state index < -0.39 is 43.1 Å². The van der Waals surface area contributed by atoms with E-state index in [9.17, 15) is 29.4 Å². The Morgan fingerprint density at radius 2 is 1.52 bits per heavy atom. The molecule has 1 aromatic carbocycles. The van der Waals surface area contributed by atoms with Gasteiger partial charge in [-0.2, -0.15) is 0 Å². The highest BCUT2D eigenvalue weighted by Crippen LogP contribution is 2.36. The Morgan fingerprint density at radius 3 is 1.97 bits per heavy atom. The number of carbonyl (C=O) groups excluding carboxylic acids is 4. The number of nitrogens with one attached hydrogen (secondary N) is 2. The van der Waals surface area contributed by atoms with Crippen molar-refractivity contribution in [1.29, 1.82) is 0 Å². The molecule has 31 heavy (non-hydrogen) atoms. The zero-order valence-electron chi connectivity index (χ0n) is 17.1. The van der Waals surface area contributed by atoms with Crippen LogP contribution in [0.1, 0.15) is 34.6 Å². The summed E-state index contributed by atoms with van der Waals surface area (Å²) in [4.78, 5) is 50.8. The maximum atomic E-state index is 12.9. The van der Waals surface area contributed by atoms with E-state index in [0.717, 1.165) is 0 Å². The molecule has 1 atom stereocenters. The van der Waals surface area contributed by atoms with Crippen LogP contribution >= 0.6 is 67.8 Å². The first-order chi connectivity index (χ1) is 14.4. The normalized spacial score (nSPS) is 11.7. The minimum atomic E-state index is -1.10. The molecule has 13 heteroatoms. The molecule has 1 aromatic rings. The third-order valence-electron chi connectivity index (χ3n) is 3.90. The first-order valence-electron chi connectivity index (χ1n) is 8.79.